The summed E-state index contributed by atoms with van der Waals surface area (Å²) in [5, 5.41) is 18.7. The molecule has 2 unspecified atom stereocenters. The first-order valence-electron chi connectivity index (χ1n) is 10.1. The molecule has 4 atom stereocenters. The normalized spacial score (nSPS) is 25.6. The lowest BCUT2D eigenvalue weighted by Crippen LogP contribution is -2.56. The second-order valence-electron chi connectivity index (χ2n) is 8.60. The number of fused-ring (bicyclic) bond motifs is 1. The van der Waals surface area contributed by atoms with Crippen LogP contribution in [0.3, 0.4) is 0 Å². The van der Waals surface area contributed by atoms with Gasteiger partial charge in [0.25, 0.3) is 0 Å². The summed E-state index contributed by atoms with van der Waals surface area (Å²) in [6, 6.07) is 7.26. The van der Waals surface area contributed by atoms with E-state index in [9.17, 15) is 15.2 Å². The molecule has 2 heterocycles. The molecule has 0 saturated carbocycles. The van der Waals surface area contributed by atoms with Crippen LogP contribution in [0, 0.1) is 17.2 Å². The van der Waals surface area contributed by atoms with Crippen LogP contribution in [0.4, 0.5) is 0 Å². The number of benzene rings is 1. The van der Waals surface area contributed by atoms with Gasteiger partial charge in [-0.25, -0.2) is 0 Å². The maximum Gasteiger partial charge on any atom is 0.223 e. The van der Waals surface area contributed by atoms with E-state index in [-0.39, 0.29) is 36.7 Å². The highest BCUT2D eigenvalue weighted by Crippen LogP contribution is 2.46. The van der Waals surface area contributed by atoms with Gasteiger partial charge in [0.2, 0.25) is 5.91 Å². The average Bonchev–Trinajstić information content (AvgIpc) is 3.07. The number of ether oxygens (including phenoxy) is 2. The van der Waals surface area contributed by atoms with Crippen LogP contribution in [-0.2, 0) is 9.53 Å². The Labute approximate surface area is 167 Å². The predicted molar refractivity (Wildman–Crippen MR) is 105 cm³/mol. The van der Waals surface area contributed by atoms with Crippen LogP contribution < -0.4 is 4.74 Å². The Hall–Kier alpha value is -2.10. The van der Waals surface area contributed by atoms with Crippen molar-refractivity contribution in [1.29, 1.82) is 5.26 Å². The van der Waals surface area contributed by atoms with Gasteiger partial charge in [-0.3, -0.25) is 4.79 Å². The van der Waals surface area contributed by atoms with Crippen molar-refractivity contribution in [3.63, 3.8) is 0 Å². The van der Waals surface area contributed by atoms with E-state index in [2.05, 4.69) is 6.07 Å². The molecule has 2 aliphatic heterocycles. The molecular formula is C22H30N2O4. The third kappa shape index (κ3) is 4.01. The van der Waals surface area contributed by atoms with Gasteiger partial charge < -0.3 is 19.5 Å². The SMILES string of the molecule is CC(CO)CC(C)O[C@H]1[C@H](N2CCCC2=O)c2cc(C#N)ccc2OC1(C)C. The molecule has 152 valence electrons. The molecule has 1 saturated heterocycles. The largest absolute Gasteiger partial charge is 0.485 e. The summed E-state index contributed by atoms with van der Waals surface area (Å²) in [6.45, 7) is 8.73. The van der Waals surface area contributed by atoms with E-state index >= 15 is 0 Å². The number of aliphatic hydroxyl groups is 1. The maximum atomic E-state index is 12.6. The number of hydrogen-bond donors (Lipinski definition) is 1. The molecule has 0 aliphatic carbocycles. The Kier molecular flexibility index (Phi) is 5.97. The Bertz CT molecular complexity index is 770. The first-order valence-corrected chi connectivity index (χ1v) is 10.1. The Morgan fingerprint density at radius 1 is 1.43 bits per heavy atom. The minimum Gasteiger partial charge on any atom is -0.485 e. The lowest BCUT2D eigenvalue weighted by atomic mass is 9.84. The zero-order valence-electron chi connectivity index (χ0n) is 17.1. The van der Waals surface area contributed by atoms with E-state index < -0.39 is 5.60 Å². The van der Waals surface area contributed by atoms with E-state index in [0.29, 0.717) is 24.3 Å². The number of likely N-dealkylation sites (tertiary alicyclic amines) is 1. The highest BCUT2D eigenvalue weighted by Gasteiger charge is 2.49. The molecule has 3 rings (SSSR count). The zero-order valence-corrected chi connectivity index (χ0v) is 17.1. The van der Waals surface area contributed by atoms with Crippen molar-refractivity contribution < 1.29 is 19.4 Å². The summed E-state index contributed by atoms with van der Waals surface area (Å²) in [6.07, 6.45) is 1.60. The van der Waals surface area contributed by atoms with Crippen LogP contribution in [0.5, 0.6) is 5.75 Å². The van der Waals surface area contributed by atoms with Crippen LogP contribution in [0.25, 0.3) is 0 Å². The molecule has 0 radical (unpaired) electrons. The lowest BCUT2D eigenvalue weighted by molar-refractivity contribution is -0.161. The number of amides is 1. The molecule has 1 fully saturated rings. The molecule has 0 bridgehead atoms. The van der Waals surface area contributed by atoms with E-state index in [1.165, 1.54) is 0 Å². The van der Waals surface area contributed by atoms with Gasteiger partial charge in [-0.05, 0) is 57.7 Å². The van der Waals surface area contributed by atoms with Crippen LogP contribution >= 0.6 is 0 Å². The molecule has 0 spiro atoms. The number of carbonyl (C=O) groups is 1. The first kappa shape index (κ1) is 20.6. The van der Waals surface area contributed by atoms with Crippen molar-refractivity contribution in [2.45, 2.75) is 70.8 Å². The van der Waals surface area contributed by atoms with Crippen molar-refractivity contribution >= 4 is 5.91 Å². The maximum absolute atomic E-state index is 12.6. The van der Waals surface area contributed by atoms with Crippen LogP contribution in [0.1, 0.15) is 64.1 Å². The van der Waals surface area contributed by atoms with E-state index in [1.807, 2.05) is 44.7 Å². The number of rotatable bonds is 6. The summed E-state index contributed by atoms with van der Waals surface area (Å²) < 4.78 is 12.7. The number of nitriles is 1. The van der Waals surface area contributed by atoms with Crippen molar-refractivity contribution in [3.8, 4) is 11.8 Å². The van der Waals surface area contributed by atoms with Crippen LogP contribution in [-0.4, -0.2) is 46.9 Å². The van der Waals surface area contributed by atoms with Crippen molar-refractivity contribution in [3.05, 3.63) is 29.3 Å². The quantitative estimate of drug-likeness (QED) is 0.812. The molecule has 2 aliphatic rings. The predicted octanol–water partition coefficient (Wildman–Crippen LogP) is 3.18. The van der Waals surface area contributed by atoms with Crippen molar-refractivity contribution in [2.24, 2.45) is 5.92 Å². The fraction of sp³-hybridized carbons (Fsp3) is 0.636. The lowest BCUT2D eigenvalue weighted by Gasteiger charge is -2.48. The third-order valence-corrected chi connectivity index (χ3v) is 5.67. The van der Waals surface area contributed by atoms with Gasteiger partial charge in [0.15, 0.2) is 0 Å². The van der Waals surface area contributed by atoms with E-state index in [0.717, 1.165) is 18.4 Å². The topological polar surface area (TPSA) is 82.8 Å². The first-order chi connectivity index (χ1) is 13.3. The monoisotopic (exact) mass is 386 g/mol. The summed E-state index contributed by atoms with van der Waals surface area (Å²) >= 11 is 0. The summed E-state index contributed by atoms with van der Waals surface area (Å²) in [7, 11) is 0. The van der Waals surface area contributed by atoms with Crippen LogP contribution in [0.15, 0.2) is 18.2 Å². The minimum atomic E-state index is -0.647. The average molecular weight is 386 g/mol. The number of carbonyl (C=O) groups excluding carboxylic acids is 1. The van der Waals surface area contributed by atoms with Crippen LogP contribution in [0.2, 0.25) is 0 Å². The Morgan fingerprint density at radius 2 is 2.18 bits per heavy atom. The van der Waals surface area contributed by atoms with Crippen molar-refractivity contribution in [2.75, 3.05) is 13.2 Å². The van der Waals surface area contributed by atoms with E-state index in [1.54, 1.807) is 6.07 Å². The fourth-order valence-corrected chi connectivity index (χ4v) is 4.31. The summed E-state index contributed by atoms with van der Waals surface area (Å²) in [5.74, 6) is 0.942. The molecule has 0 aromatic heterocycles. The fourth-order valence-electron chi connectivity index (χ4n) is 4.31. The molecule has 6 heteroatoms. The van der Waals surface area contributed by atoms with Crippen molar-refractivity contribution in [1.82, 2.24) is 4.90 Å². The second kappa shape index (κ2) is 8.10. The van der Waals surface area contributed by atoms with Gasteiger partial charge in [0.1, 0.15) is 17.5 Å². The molecule has 1 aromatic carbocycles. The molecule has 28 heavy (non-hydrogen) atoms. The number of hydrogen-bond acceptors (Lipinski definition) is 5. The van der Waals surface area contributed by atoms with Gasteiger partial charge >= 0.3 is 0 Å². The van der Waals surface area contributed by atoms with Gasteiger partial charge in [-0.15, -0.1) is 0 Å². The standard InChI is InChI=1S/C22H30N2O4/c1-14(13-25)10-15(2)27-21-20(24-9-5-6-19(24)26)17-11-16(12-23)7-8-18(17)28-22(21,3)4/h7-8,11,14-15,20-21,25H,5-6,9-10,13H2,1-4H3/t14?,15?,20-,21+/m1/s1. The molecule has 1 N–H and O–H groups in total. The molecule has 1 amide bonds. The summed E-state index contributed by atoms with van der Waals surface area (Å²) in [5.41, 5.74) is 0.728. The molecule has 6 nitrogen and oxygen atoms in total. The summed E-state index contributed by atoms with van der Waals surface area (Å²) in [4.78, 5) is 14.5. The van der Waals surface area contributed by atoms with Gasteiger partial charge in [-0.1, -0.05) is 6.92 Å². The molecule has 1 aromatic rings. The van der Waals surface area contributed by atoms with E-state index in [4.69, 9.17) is 9.47 Å². The highest BCUT2D eigenvalue weighted by atomic mass is 16.6. The zero-order chi connectivity index (χ0) is 20.5. The number of nitrogens with zero attached hydrogens (tertiary/aromatic N) is 2. The smallest absolute Gasteiger partial charge is 0.223 e. The minimum absolute atomic E-state index is 0.101. The third-order valence-electron chi connectivity index (χ3n) is 5.67. The Morgan fingerprint density at radius 3 is 2.79 bits per heavy atom. The number of aliphatic hydroxyl groups excluding tert-OH is 1. The molecular weight excluding hydrogens is 356 g/mol. The Balaban J connectivity index is 2.01. The highest BCUT2D eigenvalue weighted by molar-refractivity contribution is 5.79. The van der Waals surface area contributed by atoms with Gasteiger partial charge in [0, 0.05) is 25.1 Å². The van der Waals surface area contributed by atoms with Gasteiger partial charge in [-0.2, -0.15) is 5.26 Å². The second-order valence-corrected chi connectivity index (χ2v) is 8.60. The van der Waals surface area contributed by atoms with Gasteiger partial charge in [0.05, 0.1) is 23.8 Å².